The van der Waals surface area contributed by atoms with E-state index in [-0.39, 0.29) is 0 Å². The van der Waals surface area contributed by atoms with Gasteiger partial charge in [-0.3, -0.25) is 0 Å². The number of rotatable bonds is 2. The molecular weight excluding hydrogens is 143 g/mol. The van der Waals surface area contributed by atoms with Crippen molar-refractivity contribution in [1.82, 2.24) is 10.0 Å². The van der Waals surface area contributed by atoms with Crippen LogP contribution in [-0.2, 0) is 0 Å². The van der Waals surface area contributed by atoms with E-state index in [0.717, 1.165) is 23.7 Å². The van der Waals surface area contributed by atoms with Gasteiger partial charge < -0.3 is 4.90 Å². The monoisotopic (exact) mass is 158 g/mol. The molecule has 0 bridgehead atoms. The third-order valence-electron chi connectivity index (χ3n) is 2.27. The van der Waals surface area contributed by atoms with Gasteiger partial charge in [0.05, 0.1) is 0 Å². The molecule has 1 aliphatic rings. The van der Waals surface area contributed by atoms with Crippen molar-refractivity contribution < 1.29 is 4.48 Å². The molecule has 64 valence electrons. The topological polar surface area (TPSA) is 6.48 Å². The fourth-order valence-corrected chi connectivity index (χ4v) is 1.47. The van der Waals surface area contributed by atoms with Gasteiger partial charge in [-0.25, -0.2) is 0 Å². The maximum Gasteiger partial charge on any atom is 0.0491 e. The van der Waals surface area contributed by atoms with Crippen molar-refractivity contribution in [3.8, 4) is 0 Å². The van der Waals surface area contributed by atoms with Crippen LogP contribution < -0.4 is 0 Å². The molecule has 0 aromatic rings. The van der Waals surface area contributed by atoms with Crippen LogP contribution in [0, 0.1) is 0 Å². The van der Waals surface area contributed by atoms with Crippen molar-refractivity contribution in [2.75, 3.05) is 20.6 Å². The van der Waals surface area contributed by atoms with Crippen LogP contribution in [0.5, 0.6) is 0 Å². The molecule has 1 aliphatic heterocycles. The molecule has 0 radical (unpaired) electrons. The molecular formula is C8H15FN2. The molecule has 1 fully saturated rings. The fraction of sp³-hybridized carbons (Fsp3) is 0.750. The number of halogens is 1. The lowest BCUT2D eigenvalue weighted by atomic mass is 10.2. The highest BCUT2D eigenvalue weighted by atomic mass is 19.2. The van der Waals surface area contributed by atoms with Crippen LogP contribution in [0.2, 0.25) is 0 Å². The molecule has 0 spiro atoms. The first kappa shape index (κ1) is 8.53. The van der Waals surface area contributed by atoms with Gasteiger partial charge in [0.2, 0.25) is 0 Å². The Hall–Kier alpha value is -0.570. The van der Waals surface area contributed by atoms with Crippen LogP contribution in [0.25, 0.3) is 0 Å². The lowest BCUT2D eigenvalue weighted by molar-refractivity contribution is 0.0379. The lowest BCUT2D eigenvalue weighted by Crippen LogP contribution is -2.32. The number of likely N-dealkylation sites (tertiary alicyclic amines) is 1. The predicted molar refractivity (Wildman–Crippen MR) is 43.7 cm³/mol. The minimum Gasteiger partial charge on any atom is -0.374 e. The van der Waals surface area contributed by atoms with Crippen LogP contribution in [-0.4, -0.2) is 36.7 Å². The third kappa shape index (κ3) is 1.93. The van der Waals surface area contributed by atoms with E-state index in [1.54, 1.807) is 0 Å². The molecule has 0 saturated carbocycles. The Morgan fingerprint density at radius 2 is 2.45 bits per heavy atom. The minimum absolute atomic E-state index is 0.317. The first-order chi connectivity index (χ1) is 5.11. The molecule has 0 amide bonds. The second kappa shape index (κ2) is 3.22. The SMILES string of the molecule is C=C1CCC(CN(C)F)N1C. The molecule has 1 heterocycles. The summed E-state index contributed by atoms with van der Waals surface area (Å²) in [6.07, 6.45) is 2.04. The van der Waals surface area contributed by atoms with Gasteiger partial charge in [-0.05, 0) is 12.8 Å². The van der Waals surface area contributed by atoms with Crippen molar-refractivity contribution in [1.29, 1.82) is 0 Å². The summed E-state index contributed by atoms with van der Waals surface area (Å²) in [6.45, 7) is 4.36. The first-order valence-corrected chi connectivity index (χ1v) is 3.89. The third-order valence-corrected chi connectivity index (χ3v) is 2.27. The Balaban J connectivity index is 2.42. The molecule has 1 unspecified atom stereocenters. The van der Waals surface area contributed by atoms with Crippen molar-refractivity contribution in [2.24, 2.45) is 0 Å². The summed E-state index contributed by atoms with van der Waals surface area (Å²) in [5.41, 5.74) is 1.12. The van der Waals surface area contributed by atoms with Gasteiger partial charge in [0.1, 0.15) is 0 Å². The van der Waals surface area contributed by atoms with Gasteiger partial charge in [0.15, 0.2) is 0 Å². The van der Waals surface area contributed by atoms with Gasteiger partial charge in [-0.1, -0.05) is 6.58 Å². The minimum atomic E-state index is 0.317. The van der Waals surface area contributed by atoms with E-state index >= 15 is 0 Å². The van der Waals surface area contributed by atoms with Crippen molar-refractivity contribution >= 4 is 0 Å². The van der Waals surface area contributed by atoms with Crippen molar-refractivity contribution in [2.45, 2.75) is 18.9 Å². The Bertz CT molecular complexity index is 156. The van der Waals surface area contributed by atoms with E-state index in [1.807, 2.05) is 7.05 Å². The van der Waals surface area contributed by atoms with Crippen LogP contribution in [0.1, 0.15) is 12.8 Å². The summed E-state index contributed by atoms with van der Waals surface area (Å²) in [6, 6.07) is 0.317. The second-order valence-electron chi connectivity index (χ2n) is 3.16. The average molecular weight is 158 g/mol. The highest BCUT2D eigenvalue weighted by molar-refractivity contribution is 5.02. The Morgan fingerprint density at radius 3 is 2.82 bits per heavy atom. The molecule has 2 nitrogen and oxygen atoms in total. The predicted octanol–water partition coefficient (Wildman–Crippen LogP) is 1.41. The molecule has 3 heteroatoms. The summed E-state index contributed by atoms with van der Waals surface area (Å²) in [7, 11) is 3.43. The summed E-state index contributed by atoms with van der Waals surface area (Å²) in [5, 5.41) is 0.736. The van der Waals surface area contributed by atoms with Gasteiger partial charge in [-0.15, -0.1) is 9.60 Å². The molecule has 0 N–H and O–H groups in total. The van der Waals surface area contributed by atoms with Crippen LogP contribution in [0.15, 0.2) is 12.3 Å². The summed E-state index contributed by atoms with van der Waals surface area (Å²) in [5.74, 6) is 0. The maximum atomic E-state index is 12.4. The normalized spacial score (nSPS) is 25.3. The Kier molecular flexibility index (Phi) is 2.49. The van der Waals surface area contributed by atoms with Gasteiger partial charge in [0.25, 0.3) is 0 Å². The molecule has 0 aromatic heterocycles. The van der Waals surface area contributed by atoms with E-state index in [2.05, 4.69) is 11.5 Å². The summed E-state index contributed by atoms with van der Waals surface area (Å²) >= 11 is 0. The number of hydrogen-bond acceptors (Lipinski definition) is 2. The van der Waals surface area contributed by atoms with Crippen LogP contribution >= 0.6 is 0 Å². The smallest absolute Gasteiger partial charge is 0.0491 e. The summed E-state index contributed by atoms with van der Waals surface area (Å²) < 4.78 is 12.4. The molecule has 0 aromatic carbocycles. The molecule has 1 saturated heterocycles. The Morgan fingerprint density at radius 1 is 1.82 bits per heavy atom. The van der Waals surface area contributed by atoms with Gasteiger partial charge in [0, 0.05) is 32.4 Å². The van der Waals surface area contributed by atoms with Crippen LogP contribution in [0.3, 0.4) is 0 Å². The number of allylic oxidation sites excluding steroid dienone is 1. The van der Waals surface area contributed by atoms with Gasteiger partial charge in [-0.2, -0.15) is 0 Å². The zero-order valence-electron chi connectivity index (χ0n) is 7.18. The van der Waals surface area contributed by atoms with Crippen LogP contribution in [0.4, 0.5) is 4.48 Å². The first-order valence-electron chi connectivity index (χ1n) is 3.89. The molecule has 1 atom stereocenters. The van der Waals surface area contributed by atoms with Crippen molar-refractivity contribution in [3.63, 3.8) is 0 Å². The maximum absolute atomic E-state index is 12.4. The number of likely N-dealkylation sites (N-methyl/N-ethyl adjacent to an activating group) is 2. The van der Waals surface area contributed by atoms with Crippen molar-refractivity contribution in [3.05, 3.63) is 12.3 Å². The molecule has 1 rings (SSSR count). The summed E-state index contributed by atoms with van der Waals surface area (Å²) in [4.78, 5) is 2.07. The zero-order chi connectivity index (χ0) is 8.43. The molecule has 0 aliphatic carbocycles. The van der Waals surface area contributed by atoms with E-state index in [9.17, 15) is 4.48 Å². The second-order valence-corrected chi connectivity index (χ2v) is 3.16. The van der Waals surface area contributed by atoms with Gasteiger partial charge >= 0.3 is 0 Å². The zero-order valence-corrected chi connectivity index (χ0v) is 7.18. The quantitative estimate of drug-likeness (QED) is 0.561. The number of hydrogen-bond donors (Lipinski definition) is 0. The average Bonchev–Trinajstić information content (AvgIpc) is 2.18. The highest BCUT2D eigenvalue weighted by Crippen LogP contribution is 2.24. The van der Waals surface area contributed by atoms with E-state index in [0.29, 0.717) is 12.6 Å². The fourth-order valence-electron chi connectivity index (χ4n) is 1.47. The number of nitrogens with zero attached hydrogens (tertiary/aromatic N) is 2. The van der Waals surface area contributed by atoms with E-state index in [4.69, 9.17) is 0 Å². The highest BCUT2D eigenvalue weighted by Gasteiger charge is 2.24. The lowest BCUT2D eigenvalue weighted by Gasteiger charge is -2.23. The Labute approximate surface area is 67.2 Å². The largest absolute Gasteiger partial charge is 0.374 e. The molecule has 11 heavy (non-hydrogen) atoms. The van der Waals surface area contributed by atoms with E-state index in [1.165, 1.54) is 7.05 Å². The van der Waals surface area contributed by atoms with E-state index < -0.39 is 0 Å². The standard InChI is InChI=1S/C8H15FN2/c1-7-4-5-8(11(7)3)6-10(2)9/h8H,1,4-6H2,2-3H3.